The van der Waals surface area contributed by atoms with Crippen molar-refractivity contribution in [3.05, 3.63) is 93.2 Å². The van der Waals surface area contributed by atoms with E-state index in [1.54, 1.807) is 29.6 Å². The van der Waals surface area contributed by atoms with E-state index in [1.807, 2.05) is 0 Å². The quantitative estimate of drug-likeness (QED) is 0.435. The summed E-state index contributed by atoms with van der Waals surface area (Å²) in [5, 5.41) is 1.75. The molecule has 0 spiro atoms. The second-order valence-electron chi connectivity index (χ2n) is 5.63. The Morgan fingerprint density at radius 3 is 2.33 bits per heavy atom. The zero-order valence-corrected chi connectivity index (χ0v) is 14.6. The summed E-state index contributed by atoms with van der Waals surface area (Å²) in [7, 11) is 0. The third-order valence-electron chi connectivity index (χ3n) is 3.76. The number of carbonyl (C=O) groups excluding carboxylic acids is 2. The summed E-state index contributed by atoms with van der Waals surface area (Å²) in [5.74, 6) is -1.08. The van der Waals surface area contributed by atoms with Crippen molar-refractivity contribution >= 4 is 23.1 Å². The standard InChI is InChI=1S/C20H13F3O3S/c21-20(22,23)14-6-3-5-13(11-14)12-26-19(25)16-8-2-1-7-15(16)18(24)17-9-4-10-27-17/h1-11H,12H2. The first-order chi connectivity index (χ1) is 12.9. The fourth-order valence-electron chi connectivity index (χ4n) is 2.46. The number of carbonyl (C=O) groups is 2. The van der Waals surface area contributed by atoms with Gasteiger partial charge in [-0.25, -0.2) is 4.79 Å². The predicted molar refractivity (Wildman–Crippen MR) is 94.8 cm³/mol. The van der Waals surface area contributed by atoms with E-state index < -0.39 is 17.7 Å². The first-order valence-corrected chi connectivity index (χ1v) is 8.75. The molecule has 3 aromatic rings. The number of alkyl halides is 3. The van der Waals surface area contributed by atoms with Gasteiger partial charge in [0, 0.05) is 5.56 Å². The lowest BCUT2D eigenvalue weighted by Crippen LogP contribution is -2.12. The van der Waals surface area contributed by atoms with Gasteiger partial charge in [0.15, 0.2) is 0 Å². The lowest BCUT2D eigenvalue weighted by atomic mass is 10.0. The molecule has 2 aromatic carbocycles. The van der Waals surface area contributed by atoms with Gasteiger partial charge >= 0.3 is 12.1 Å². The van der Waals surface area contributed by atoms with Gasteiger partial charge in [-0.3, -0.25) is 4.79 Å². The molecule has 1 aromatic heterocycles. The highest BCUT2D eigenvalue weighted by Gasteiger charge is 2.30. The average molecular weight is 390 g/mol. The van der Waals surface area contributed by atoms with Crippen LogP contribution in [0, 0.1) is 0 Å². The van der Waals surface area contributed by atoms with Crippen molar-refractivity contribution in [3.63, 3.8) is 0 Å². The Bertz CT molecular complexity index is 963. The zero-order chi connectivity index (χ0) is 19.4. The van der Waals surface area contributed by atoms with Crippen LogP contribution in [0.4, 0.5) is 13.2 Å². The van der Waals surface area contributed by atoms with Crippen LogP contribution < -0.4 is 0 Å². The van der Waals surface area contributed by atoms with Gasteiger partial charge in [-0.15, -0.1) is 11.3 Å². The fraction of sp³-hybridized carbons (Fsp3) is 0.100. The van der Waals surface area contributed by atoms with Crippen molar-refractivity contribution < 1.29 is 27.5 Å². The van der Waals surface area contributed by atoms with Crippen LogP contribution in [0.2, 0.25) is 0 Å². The summed E-state index contributed by atoms with van der Waals surface area (Å²) in [6.45, 7) is -0.329. The van der Waals surface area contributed by atoms with Crippen LogP contribution in [0.3, 0.4) is 0 Å². The molecule has 0 bridgehead atoms. The van der Waals surface area contributed by atoms with E-state index in [-0.39, 0.29) is 29.1 Å². The average Bonchev–Trinajstić information content (AvgIpc) is 3.20. The molecule has 0 aliphatic rings. The highest BCUT2D eigenvalue weighted by Crippen LogP contribution is 2.29. The Balaban J connectivity index is 1.77. The maximum absolute atomic E-state index is 12.8. The summed E-state index contributed by atoms with van der Waals surface area (Å²) in [5.41, 5.74) is -0.346. The molecule has 0 saturated carbocycles. The summed E-state index contributed by atoms with van der Waals surface area (Å²) in [6, 6.07) is 14.1. The Hall–Kier alpha value is -2.93. The van der Waals surface area contributed by atoms with Gasteiger partial charge in [0.1, 0.15) is 6.61 Å². The van der Waals surface area contributed by atoms with Gasteiger partial charge in [0.05, 0.1) is 16.0 Å². The van der Waals surface area contributed by atoms with E-state index in [2.05, 4.69) is 0 Å². The van der Waals surface area contributed by atoms with Gasteiger partial charge in [-0.2, -0.15) is 13.2 Å². The van der Waals surface area contributed by atoms with Crippen LogP contribution in [-0.2, 0) is 17.5 Å². The number of hydrogen-bond donors (Lipinski definition) is 0. The van der Waals surface area contributed by atoms with Crippen LogP contribution >= 0.6 is 11.3 Å². The molecule has 0 atom stereocenters. The molecule has 0 N–H and O–H groups in total. The smallest absolute Gasteiger partial charge is 0.416 e. The van der Waals surface area contributed by atoms with E-state index in [0.29, 0.717) is 4.88 Å². The van der Waals surface area contributed by atoms with Crippen LogP contribution in [0.25, 0.3) is 0 Å². The molecule has 138 valence electrons. The van der Waals surface area contributed by atoms with Crippen molar-refractivity contribution in [1.29, 1.82) is 0 Å². The van der Waals surface area contributed by atoms with Gasteiger partial charge in [0.25, 0.3) is 0 Å². The van der Waals surface area contributed by atoms with Gasteiger partial charge in [0.2, 0.25) is 5.78 Å². The van der Waals surface area contributed by atoms with Crippen LogP contribution in [0.1, 0.15) is 36.7 Å². The molecule has 0 radical (unpaired) electrons. The van der Waals surface area contributed by atoms with E-state index in [9.17, 15) is 22.8 Å². The van der Waals surface area contributed by atoms with E-state index in [4.69, 9.17) is 4.74 Å². The number of ketones is 1. The van der Waals surface area contributed by atoms with Crippen LogP contribution in [0.5, 0.6) is 0 Å². The molecular formula is C20H13F3O3S. The molecule has 3 rings (SSSR count). The number of esters is 1. The molecule has 3 nitrogen and oxygen atoms in total. The first kappa shape index (κ1) is 18.8. The van der Waals surface area contributed by atoms with Crippen LogP contribution in [-0.4, -0.2) is 11.8 Å². The molecule has 0 aliphatic heterocycles. The van der Waals surface area contributed by atoms with E-state index in [1.165, 1.54) is 35.6 Å². The summed E-state index contributed by atoms with van der Waals surface area (Å²) >= 11 is 1.25. The number of halogens is 3. The number of ether oxygens (including phenoxy) is 1. The SMILES string of the molecule is O=C(OCc1cccc(C(F)(F)F)c1)c1ccccc1C(=O)c1cccs1. The minimum absolute atomic E-state index is 0.0721. The summed E-state index contributed by atoms with van der Waals surface area (Å²) in [4.78, 5) is 25.4. The molecular weight excluding hydrogens is 377 g/mol. The van der Waals surface area contributed by atoms with Crippen molar-refractivity contribution in [1.82, 2.24) is 0 Å². The Labute approximate surface area is 157 Å². The number of thiophene rings is 1. The molecule has 0 unspecified atom stereocenters. The number of benzene rings is 2. The molecule has 0 saturated heterocycles. The van der Waals surface area contributed by atoms with E-state index in [0.717, 1.165) is 12.1 Å². The molecule has 27 heavy (non-hydrogen) atoms. The molecule has 0 fully saturated rings. The maximum Gasteiger partial charge on any atom is 0.416 e. The lowest BCUT2D eigenvalue weighted by Gasteiger charge is -2.10. The molecule has 0 aliphatic carbocycles. The van der Waals surface area contributed by atoms with Crippen molar-refractivity contribution in [2.75, 3.05) is 0 Å². The molecule has 0 amide bonds. The first-order valence-electron chi connectivity index (χ1n) is 7.87. The second-order valence-corrected chi connectivity index (χ2v) is 6.57. The highest BCUT2D eigenvalue weighted by atomic mass is 32.1. The van der Waals surface area contributed by atoms with Gasteiger partial charge in [-0.05, 0) is 35.2 Å². The number of rotatable bonds is 5. The third-order valence-corrected chi connectivity index (χ3v) is 4.63. The monoisotopic (exact) mass is 390 g/mol. The zero-order valence-electron chi connectivity index (χ0n) is 13.8. The second kappa shape index (κ2) is 7.75. The Morgan fingerprint density at radius 1 is 0.926 bits per heavy atom. The Kier molecular flexibility index (Phi) is 5.41. The minimum Gasteiger partial charge on any atom is -0.457 e. The van der Waals surface area contributed by atoms with Crippen molar-refractivity contribution in [2.24, 2.45) is 0 Å². The normalized spacial score (nSPS) is 11.2. The predicted octanol–water partition coefficient (Wildman–Crippen LogP) is 5.35. The third kappa shape index (κ3) is 4.43. The maximum atomic E-state index is 12.8. The molecule has 1 heterocycles. The summed E-state index contributed by atoms with van der Waals surface area (Å²) < 4.78 is 43.4. The van der Waals surface area contributed by atoms with Crippen molar-refractivity contribution in [3.8, 4) is 0 Å². The number of hydrogen-bond acceptors (Lipinski definition) is 4. The van der Waals surface area contributed by atoms with Gasteiger partial charge in [-0.1, -0.05) is 36.4 Å². The van der Waals surface area contributed by atoms with E-state index >= 15 is 0 Å². The summed E-state index contributed by atoms with van der Waals surface area (Å²) in [6.07, 6.45) is -4.47. The largest absolute Gasteiger partial charge is 0.457 e. The van der Waals surface area contributed by atoms with Crippen molar-refractivity contribution in [2.45, 2.75) is 12.8 Å². The molecule has 7 heteroatoms. The lowest BCUT2D eigenvalue weighted by molar-refractivity contribution is -0.137. The topological polar surface area (TPSA) is 43.4 Å². The van der Waals surface area contributed by atoms with Crippen LogP contribution in [0.15, 0.2) is 66.0 Å². The highest BCUT2D eigenvalue weighted by molar-refractivity contribution is 7.12. The van der Waals surface area contributed by atoms with Gasteiger partial charge < -0.3 is 4.74 Å². The minimum atomic E-state index is -4.47. The Morgan fingerprint density at radius 2 is 1.67 bits per heavy atom. The fourth-order valence-corrected chi connectivity index (χ4v) is 3.14.